The zero-order valence-corrected chi connectivity index (χ0v) is 28.1. The van der Waals surface area contributed by atoms with Crippen molar-refractivity contribution in [2.24, 2.45) is 0 Å². The Morgan fingerprint density at radius 3 is 2.25 bits per heavy atom. The van der Waals surface area contributed by atoms with E-state index < -0.39 is 49.4 Å². The van der Waals surface area contributed by atoms with Gasteiger partial charge in [-0.25, -0.2) is 17.9 Å². The van der Waals surface area contributed by atoms with Crippen LogP contribution < -0.4 is 4.72 Å². The first-order valence-corrected chi connectivity index (χ1v) is 17.1. The van der Waals surface area contributed by atoms with E-state index in [1.165, 1.54) is 7.11 Å². The molecule has 0 aliphatic carbocycles. The Morgan fingerprint density at radius 1 is 1.02 bits per heavy atom. The van der Waals surface area contributed by atoms with Crippen molar-refractivity contribution in [3.8, 4) is 11.1 Å². The molecule has 48 heavy (non-hydrogen) atoms. The van der Waals surface area contributed by atoms with Crippen LogP contribution in [0.2, 0.25) is 5.02 Å². The first kappa shape index (κ1) is 34.4. The Kier molecular flexibility index (Phi) is 10.4. The Bertz CT molecular complexity index is 2070. The van der Waals surface area contributed by atoms with Crippen molar-refractivity contribution in [3.05, 3.63) is 134 Å². The van der Waals surface area contributed by atoms with Gasteiger partial charge in [-0.2, -0.15) is 0 Å². The average molecular weight is 722 g/mol. The maximum absolute atomic E-state index is 13.7. The highest BCUT2D eigenvalue weighted by Gasteiger charge is 2.41. The molecule has 5 rings (SSSR count). The summed E-state index contributed by atoms with van der Waals surface area (Å²) in [5, 5.41) is 11.0. The topological polar surface area (TPSA) is 153 Å². The molecule has 0 bridgehead atoms. The Labute approximate surface area is 289 Å². The molecule has 4 aromatic rings. The molecule has 0 saturated carbocycles. The van der Waals surface area contributed by atoms with Crippen LogP contribution in [0.25, 0.3) is 17.2 Å². The van der Waals surface area contributed by atoms with Gasteiger partial charge in [-0.3, -0.25) is 24.6 Å². The zero-order chi connectivity index (χ0) is 34.6. The number of carbonyl (C=O) groups excluding carboxylic acids is 3. The molecule has 15 heteroatoms. The minimum atomic E-state index is -4.62. The molecule has 1 heterocycles. The fourth-order valence-electron chi connectivity index (χ4n) is 4.79. The molecule has 1 aliphatic rings. The van der Waals surface area contributed by atoms with Crippen LogP contribution in [0.1, 0.15) is 21.5 Å². The number of ether oxygens (including phenoxy) is 1. The number of nitrogens with one attached hydrogen (secondary N) is 1. The number of carbonyl (C=O) groups is 3. The number of sulfonamides is 1. The summed E-state index contributed by atoms with van der Waals surface area (Å²) in [4.78, 5) is 50.3. The van der Waals surface area contributed by atoms with Gasteiger partial charge in [0.1, 0.15) is 15.4 Å². The number of nitrogens with zero attached hydrogens (tertiary/aromatic N) is 2. The summed E-state index contributed by atoms with van der Waals surface area (Å²) >= 11 is 12.3. The van der Waals surface area contributed by atoms with Crippen molar-refractivity contribution in [2.75, 3.05) is 7.11 Å². The maximum Gasteiger partial charge on any atom is 0.337 e. The number of halogens is 1. The number of hydrogen-bond acceptors (Lipinski definition) is 10. The van der Waals surface area contributed by atoms with Crippen molar-refractivity contribution < 1.29 is 32.5 Å². The lowest BCUT2D eigenvalue weighted by Crippen LogP contribution is -2.51. The summed E-state index contributed by atoms with van der Waals surface area (Å²) < 4.78 is 33.1. The fourth-order valence-corrected chi connectivity index (χ4v) is 7.36. The largest absolute Gasteiger partial charge is 0.465 e. The smallest absolute Gasteiger partial charge is 0.337 e. The fraction of sp³-hybridized carbons (Fsp3) is 0.0909. The molecule has 1 aliphatic heterocycles. The van der Waals surface area contributed by atoms with Gasteiger partial charge in [-0.1, -0.05) is 102 Å². The summed E-state index contributed by atoms with van der Waals surface area (Å²) in [7, 11) is -3.31. The molecular weight excluding hydrogens is 698 g/mol. The SMILES string of the molecule is COC(=O)c1ccc(-c2ccc(/C=C3\SC(=S)N([C@@H](Cc4ccccc4)C(=O)NS(=O)(=O)c4ccc(Cl)c([N+](=O)[O-])c4)C3=O)cc2)cc1. The predicted molar refractivity (Wildman–Crippen MR) is 186 cm³/mol. The van der Waals surface area contributed by atoms with Crippen LogP contribution in [-0.4, -0.2) is 53.5 Å². The summed E-state index contributed by atoms with van der Waals surface area (Å²) in [5.41, 5.74) is 2.79. The molecule has 0 spiro atoms. The van der Waals surface area contributed by atoms with Gasteiger partial charge >= 0.3 is 5.97 Å². The van der Waals surface area contributed by atoms with E-state index in [4.69, 9.17) is 28.6 Å². The van der Waals surface area contributed by atoms with E-state index in [0.717, 1.165) is 46.0 Å². The van der Waals surface area contributed by atoms with E-state index in [2.05, 4.69) is 0 Å². The van der Waals surface area contributed by atoms with Crippen LogP contribution in [0, 0.1) is 10.1 Å². The average Bonchev–Trinajstić information content (AvgIpc) is 3.35. The lowest BCUT2D eigenvalue weighted by molar-refractivity contribution is -0.384. The normalized spacial score (nSPS) is 14.5. The quantitative estimate of drug-likeness (QED) is 0.0677. The monoisotopic (exact) mass is 721 g/mol. The van der Waals surface area contributed by atoms with Crippen molar-refractivity contribution >= 4 is 79.5 Å². The molecule has 244 valence electrons. The molecule has 11 nitrogen and oxygen atoms in total. The standard InChI is InChI=1S/C33H24ClN3O8S3/c1-45-32(40)24-13-11-23(12-14-24)22-9-7-21(8-10-22)18-29-31(39)36(33(46)47-29)28(17-20-5-3-2-4-6-20)30(38)35-48(43,44)25-15-16-26(34)27(19-25)37(41)42/h2-16,18-19,28H,17H2,1H3,(H,35,38)/b29-18-/t28-/m0/s1. The van der Waals surface area contributed by atoms with Gasteiger partial charge in [-0.15, -0.1) is 0 Å². The lowest BCUT2D eigenvalue weighted by Gasteiger charge is -2.26. The Balaban J connectivity index is 1.40. The van der Waals surface area contributed by atoms with Gasteiger partial charge in [0.05, 0.1) is 27.4 Å². The molecule has 1 saturated heterocycles. The van der Waals surface area contributed by atoms with E-state index in [1.807, 2.05) is 16.9 Å². The molecule has 1 N–H and O–H groups in total. The highest BCUT2D eigenvalue weighted by Crippen LogP contribution is 2.35. The van der Waals surface area contributed by atoms with Crippen LogP contribution in [-0.2, 0) is 30.8 Å². The maximum atomic E-state index is 13.7. The summed E-state index contributed by atoms with van der Waals surface area (Å²) in [5.74, 6) is -2.09. The predicted octanol–water partition coefficient (Wildman–Crippen LogP) is 6.02. The number of benzene rings is 4. The van der Waals surface area contributed by atoms with Crippen molar-refractivity contribution in [1.29, 1.82) is 0 Å². The molecule has 1 atom stereocenters. The highest BCUT2D eigenvalue weighted by molar-refractivity contribution is 8.26. The third kappa shape index (κ3) is 7.63. The molecule has 0 unspecified atom stereocenters. The van der Waals surface area contributed by atoms with Crippen molar-refractivity contribution in [1.82, 2.24) is 9.62 Å². The van der Waals surface area contributed by atoms with Gasteiger partial charge in [0, 0.05) is 12.5 Å². The minimum absolute atomic E-state index is 0.0455. The second-order valence-corrected chi connectivity index (χ2v) is 14.1. The summed E-state index contributed by atoms with van der Waals surface area (Å²) in [6.07, 6.45) is 1.54. The number of rotatable bonds is 10. The highest BCUT2D eigenvalue weighted by atomic mass is 35.5. The van der Waals surface area contributed by atoms with E-state index in [-0.39, 0.29) is 20.7 Å². The zero-order valence-electron chi connectivity index (χ0n) is 24.9. The van der Waals surface area contributed by atoms with Crippen LogP contribution in [0.3, 0.4) is 0 Å². The molecule has 1 fully saturated rings. The summed E-state index contributed by atoms with van der Waals surface area (Å²) in [6, 6.07) is 24.3. The number of amides is 2. The Morgan fingerprint density at radius 2 is 1.65 bits per heavy atom. The number of thiocarbonyl (C=S) groups is 1. The van der Waals surface area contributed by atoms with Crippen LogP contribution >= 0.6 is 35.6 Å². The summed E-state index contributed by atoms with van der Waals surface area (Å²) in [6.45, 7) is 0. The number of nitro benzene ring substituents is 1. The molecule has 0 aromatic heterocycles. The number of esters is 1. The third-order valence-corrected chi connectivity index (χ3v) is 10.2. The van der Waals surface area contributed by atoms with Gasteiger partial charge in [0.25, 0.3) is 27.5 Å². The van der Waals surface area contributed by atoms with E-state index in [1.54, 1.807) is 72.8 Å². The van der Waals surface area contributed by atoms with Crippen molar-refractivity contribution in [2.45, 2.75) is 17.4 Å². The van der Waals surface area contributed by atoms with E-state index in [0.29, 0.717) is 16.7 Å². The second kappa shape index (κ2) is 14.5. The van der Waals surface area contributed by atoms with E-state index in [9.17, 15) is 32.9 Å². The molecule has 4 aromatic carbocycles. The van der Waals surface area contributed by atoms with Crippen LogP contribution in [0.15, 0.2) is 107 Å². The number of thioether (sulfide) groups is 1. The van der Waals surface area contributed by atoms with E-state index >= 15 is 0 Å². The third-order valence-electron chi connectivity index (χ3n) is 7.22. The molecule has 0 radical (unpaired) electrons. The Hall–Kier alpha value is -4.89. The first-order valence-electron chi connectivity index (χ1n) is 14.0. The van der Waals surface area contributed by atoms with Gasteiger partial charge in [0.2, 0.25) is 0 Å². The molecular formula is C33H24ClN3O8S3. The number of methoxy groups -OCH3 is 1. The number of nitro groups is 1. The van der Waals surface area contributed by atoms with Gasteiger partial charge < -0.3 is 4.74 Å². The van der Waals surface area contributed by atoms with Crippen molar-refractivity contribution in [3.63, 3.8) is 0 Å². The second-order valence-electron chi connectivity index (χ2n) is 10.3. The van der Waals surface area contributed by atoms with Gasteiger partial charge in [-0.05, 0) is 52.6 Å². The molecule has 2 amide bonds. The minimum Gasteiger partial charge on any atom is -0.465 e. The first-order chi connectivity index (χ1) is 22.9. The lowest BCUT2D eigenvalue weighted by atomic mass is 10.0. The van der Waals surface area contributed by atoms with Crippen LogP contribution in [0.5, 0.6) is 0 Å². The number of hydrogen-bond donors (Lipinski definition) is 1. The van der Waals surface area contributed by atoms with Gasteiger partial charge in [0.15, 0.2) is 0 Å². The van der Waals surface area contributed by atoms with Crippen LogP contribution in [0.4, 0.5) is 5.69 Å².